The molecular formula is C19H31IN4O2. The summed E-state index contributed by atoms with van der Waals surface area (Å²) in [4.78, 5) is 20.8. The van der Waals surface area contributed by atoms with Gasteiger partial charge in [-0.2, -0.15) is 0 Å². The third-order valence-corrected chi connectivity index (χ3v) is 4.20. The number of esters is 1. The second-order valence-corrected chi connectivity index (χ2v) is 7.56. The van der Waals surface area contributed by atoms with Crippen LogP contribution in [-0.2, 0) is 16.0 Å². The molecule has 26 heavy (non-hydrogen) atoms. The SMILES string of the molecule is CC(C)(C)OC(=O)C1CCC(NC(N)=NCCc2ccccn2)CC1.I. The van der Waals surface area contributed by atoms with Gasteiger partial charge in [-0.1, -0.05) is 6.07 Å². The molecule has 0 atom stereocenters. The van der Waals surface area contributed by atoms with Crippen LogP contribution in [0, 0.1) is 5.92 Å². The van der Waals surface area contributed by atoms with Gasteiger partial charge in [0.1, 0.15) is 5.60 Å². The van der Waals surface area contributed by atoms with Gasteiger partial charge in [-0.05, 0) is 58.6 Å². The van der Waals surface area contributed by atoms with Gasteiger partial charge in [0.2, 0.25) is 0 Å². The van der Waals surface area contributed by atoms with Crippen LogP contribution in [0.25, 0.3) is 0 Å². The van der Waals surface area contributed by atoms with Crippen molar-refractivity contribution in [3.63, 3.8) is 0 Å². The zero-order valence-corrected chi connectivity index (χ0v) is 18.2. The molecule has 0 aliphatic heterocycles. The van der Waals surface area contributed by atoms with Crippen molar-refractivity contribution >= 4 is 35.9 Å². The van der Waals surface area contributed by atoms with Crippen molar-refractivity contribution in [2.24, 2.45) is 16.6 Å². The fourth-order valence-electron chi connectivity index (χ4n) is 2.95. The van der Waals surface area contributed by atoms with Gasteiger partial charge in [0.25, 0.3) is 0 Å². The summed E-state index contributed by atoms with van der Waals surface area (Å²) in [5.41, 5.74) is 6.56. The molecule has 0 unspecified atom stereocenters. The van der Waals surface area contributed by atoms with E-state index in [1.54, 1.807) is 6.20 Å². The molecule has 0 bridgehead atoms. The highest BCUT2D eigenvalue weighted by atomic mass is 127. The molecule has 3 N–H and O–H groups in total. The minimum absolute atomic E-state index is 0. The van der Waals surface area contributed by atoms with Gasteiger partial charge >= 0.3 is 5.97 Å². The maximum absolute atomic E-state index is 12.1. The Kier molecular flexibility index (Phi) is 9.32. The first-order valence-corrected chi connectivity index (χ1v) is 9.03. The molecule has 0 radical (unpaired) electrons. The average Bonchev–Trinajstić information content (AvgIpc) is 2.55. The largest absolute Gasteiger partial charge is 0.460 e. The standard InChI is InChI=1S/C19H30N4O2.HI/c1-19(2,3)25-17(24)14-7-9-16(10-8-14)23-18(20)22-13-11-15-6-4-5-12-21-15;/h4-6,12,14,16H,7-11,13H2,1-3H3,(H3,20,22,23);1H. The van der Waals surface area contributed by atoms with Gasteiger partial charge in [0.05, 0.1) is 5.92 Å². The molecule has 1 fully saturated rings. The lowest BCUT2D eigenvalue weighted by Gasteiger charge is -2.30. The van der Waals surface area contributed by atoms with Crippen LogP contribution in [0.3, 0.4) is 0 Å². The molecule has 1 aliphatic rings. The number of ether oxygens (including phenoxy) is 1. The minimum Gasteiger partial charge on any atom is -0.460 e. The predicted octanol–water partition coefficient (Wildman–Crippen LogP) is 3.05. The summed E-state index contributed by atoms with van der Waals surface area (Å²) in [6.07, 6.45) is 6.01. The van der Waals surface area contributed by atoms with E-state index >= 15 is 0 Å². The number of aliphatic imine (C=N–C) groups is 1. The number of aromatic nitrogens is 1. The monoisotopic (exact) mass is 474 g/mol. The van der Waals surface area contributed by atoms with Gasteiger partial charge in [-0.3, -0.25) is 14.8 Å². The molecule has 0 spiro atoms. The van der Waals surface area contributed by atoms with Crippen molar-refractivity contribution < 1.29 is 9.53 Å². The van der Waals surface area contributed by atoms with E-state index in [-0.39, 0.29) is 41.9 Å². The second kappa shape index (κ2) is 10.7. The van der Waals surface area contributed by atoms with Crippen LogP contribution < -0.4 is 11.1 Å². The lowest BCUT2D eigenvalue weighted by Crippen LogP contribution is -2.43. The van der Waals surface area contributed by atoms with Gasteiger partial charge in [-0.25, -0.2) is 0 Å². The van der Waals surface area contributed by atoms with Gasteiger partial charge < -0.3 is 15.8 Å². The van der Waals surface area contributed by atoms with Crippen molar-refractivity contribution in [3.05, 3.63) is 30.1 Å². The summed E-state index contributed by atoms with van der Waals surface area (Å²) in [5.74, 6) is 0.388. The van der Waals surface area contributed by atoms with E-state index in [1.807, 2.05) is 39.0 Å². The molecule has 1 heterocycles. The van der Waals surface area contributed by atoms with E-state index in [0.29, 0.717) is 12.5 Å². The zero-order chi connectivity index (χ0) is 18.3. The fourth-order valence-corrected chi connectivity index (χ4v) is 2.95. The van der Waals surface area contributed by atoms with Crippen molar-refractivity contribution in [2.75, 3.05) is 6.54 Å². The van der Waals surface area contributed by atoms with E-state index in [1.165, 1.54) is 0 Å². The average molecular weight is 474 g/mol. The Morgan fingerprint density at radius 1 is 1.31 bits per heavy atom. The maximum Gasteiger partial charge on any atom is 0.309 e. The number of carbonyl (C=O) groups excluding carboxylic acids is 1. The van der Waals surface area contributed by atoms with Crippen LogP contribution in [0.4, 0.5) is 0 Å². The third-order valence-electron chi connectivity index (χ3n) is 4.20. The van der Waals surface area contributed by atoms with E-state index in [0.717, 1.165) is 37.8 Å². The van der Waals surface area contributed by atoms with Crippen LogP contribution in [0.5, 0.6) is 0 Å². The van der Waals surface area contributed by atoms with Gasteiger partial charge in [-0.15, -0.1) is 24.0 Å². The number of carbonyl (C=O) groups is 1. The first-order valence-electron chi connectivity index (χ1n) is 9.03. The Labute approximate surface area is 173 Å². The number of hydrogen-bond donors (Lipinski definition) is 2. The quantitative estimate of drug-likeness (QED) is 0.297. The number of halogens is 1. The van der Waals surface area contributed by atoms with Gasteiger partial charge in [0.15, 0.2) is 5.96 Å². The molecule has 2 rings (SSSR count). The van der Waals surface area contributed by atoms with Crippen LogP contribution in [0.1, 0.15) is 52.1 Å². The lowest BCUT2D eigenvalue weighted by molar-refractivity contribution is -0.161. The molecule has 1 saturated carbocycles. The molecule has 7 heteroatoms. The van der Waals surface area contributed by atoms with Gasteiger partial charge in [0, 0.05) is 30.9 Å². The van der Waals surface area contributed by atoms with Crippen molar-refractivity contribution in [1.29, 1.82) is 0 Å². The topological polar surface area (TPSA) is 89.6 Å². The smallest absolute Gasteiger partial charge is 0.309 e. The number of rotatable bonds is 5. The first-order chi connectivity index (χ1) is 11.8. The number of nitrogens with zero attached hydrogens (tertiary/aromatic N) is 2. The zero-order valence-electron chi connectivity index (χ0n) is 15.9. The molecule has 0 amide bonds. The maximum atomic E-state index is 12.1. The molecular weight excluding hydrogens is 443 g/mol. The van der Waals surface area contributed by atoms with Crippen LogP contribution in [-0.4, -0.2) is 35.1 Å². The van der Waals surface area contributed by atoms with E-state index in [4.69, 9.17) is 10.5 Å². The molecule has 0 saturated heterocycles. The van der Waals surface area contributed by atoms with Crippen LogP contribution in [0.2, 0.25) is 0 Å². The Morgan fingerprint density at radius 2 is 2.00 bits per heavy atom. The summed E-state index contributed by atoms with van der Waals surface area (Å²) in [6.45, 7) is 6.32. The predicted molar refractivity (Wildman–Crippen MR) is 115 cm³/mol. The van der Waals surface area contributed by atoms with Crippen LogP contribution >= 0.6 is 24.0 Å². The summed E-state index contributed by atoms with van der Waals surface area (Å²) >= 11 is 0. The number of pyridine rings is 1. The molecule has 1 aromatic heterocycles. The minimum atomic E-state index is -0.420. The van der Waals surface area contributed by atoms with Crippen molar-refractivity contribution in [3.8, 4) is 0 Å². The summed E-state index contributed by atoms with van der Waals surface area (Å²) in [6, 6.07) is 6.13. The summed E-state index contributed by atoms with van der Waals surface area (Å²) in [5, 5.41) is 3.27. The number of nitrogens with two attached hydrogens (primary N) is 1. The Balaban J connectivity index is 0.00000338. The number of hydrogen-bond acceptors (Lipinski definition) is 4. The highest BCUT2D eigenvalue weighted by Crippen LogP contribution is 2.26. The summed E-state index contributed by atoms with van der Waals surface area (Å²) in [7, 11) is 0. The highest BCUT2D eigenvalue weighted by Gasteiger charge is 2.29. The van der Waals surface area contributed by atoms with Crippen LogP contribution in [0.15, 0.2) is 29.4 Å². The number of guanidine groups is 1. The summed E-state index contributed by atoms with van der Waals surface area (Å²) < 4.78 is 5.47. The molecule has 1 aliphatic carbocycles. The number of nitrogens with one attached hydrogen (secondary N) is 1. The van der Waals surface area contributed by atoms with E-state index in [9.17, 15) is 4.79 Å². The highest BCUT2D eigenvalue weighted by molar-refractivity contribution is 14.0. The molecule has 6 nitrogen and oxygen atoms in total. The molecule has 0 aromatic carbocycles. The normalized spacial score (nSPS) is 20.8. The Bertz CT molecular complexity index is 579. The second-order valence-electron chi connectivity index (χ2n) is 7.56. The lowest BCUT2D eigenvalue weighted by atomic mass is 9.86. The van der Waals surface area contributed by atoms with Crippen molar-refractivity contribution in [1.82, 2.24) is 10.3 Å². The first kappa shape index (κ1) is 22.7. The Morgan fingerprint density at radius 3 is 2.58 bits per heavy atom. The Hall–Kier alpha value is -1.38. The van der Waals surface area contributed by atoms with Crippen molar-refractivity contribution in [2.45, 2.75) is 64.5 Å². The molecule has 1 aromatic rings. The molecule has 146 valence electrons. The van der Waals surface area contributed by atoms with E-state index in [2.05, 4.69) is 15.3 Å². The fraction of sp³-hybridized carbons (Fsp3) is 0.632. The third kappa shape index (κ3) is 8.33. The van der Waals surface area contributed by atoms with E-state index < -0.39 is 5.60 Å².